The highest BCUT2D eigenvalue weighted by molar-refractivity contribution is 7.08. The van der Waals surface area contributed by atoms with Gasteiger partial charge in [-0.1, -0.05) is 19.9 Å². The second-order valence-corrected chi connectivity index (χ2v) is 7.50. The predicted octanol–water partition coefficient (Wildman–Crippen LogP) is 5.56. The summed E-state index contributed by atoms with van der Waals surface area (Å²) in [6, 6.07) is 2.02. The largest absolute Gasteiger partial charge is 0.335 e. The van der Waals surface area contributed by atoms with Crippen LogP contribution in [0.2, 0.25) is 0 Å². The number of hydrogen-bond acceptors (Lipinski definition) is 3. The maximum atomic E-state index is 12.9. The fourth-order valence-corrected chi connectivity index (χ4v) is 2.94. The molecule has 2 heterocycles. The SMILES string of the molecule is C/C=C(\C)c1c(C)c(C(=O)N(C)C(C)(C)C)nn1-c1ccsc1.CC. The summed E-state index contributed by atoms with van der Waals surface area (Å²) < 4.78 is 1.88. The number of nitrogens with zero attached hydrogens (tertiary/aromatic N) is 3. The third-order valence-corrected chi connectivity index (χ3v) is 4.86. The molecule has 0 fully saturated rings. The second kappa shape index (κ2) is 8.48. The molecule has 0 spiro atoms. The first-order chi connectivity index (χ1) is 11.7. The summed E-state index contributed by atoms with van der Waals surface area (Å²) in [5, 5.41) is 8.71. The van der Waals surface area contributed by atoms with Crippen LogP contribution in [0.4, 0.5) is 0 Å². The molecule has 2 aromatic heterocycles. The van der Waals surface area contributed by atoms with Crippen LogP contribution in [-0.4, -0.2) is 33.2 Å². The Bertz CT molecular complexity index is 734. The van der Waals surface area contributed by atoms with E-state index in [9.17, 15) is 4.79 Å². The van der Waals surface area contributed by atoms with E-state index in [1.54, 1.807) is 16.2 Å². The Labute approximate surface area is 156 Å². The van der Waals surface area contributed by atoms with E-state index in [1.165, 1.54) is 0 Å². The number of amides is 1. The van der Waals surface area contributed by atoms with E-state index >= 15 is 0 Å². The molecule has 0 N–H and O–H groups in total. The molecule has 0 aliphatic carbocycles. The molecule has 0 bridgehead atoms. The van der Waals surface area contributed by atoms with Crippen molar-refractivity contribution in [2.45, 2.75) is 60.9 Å². The smallest absolute Gasteiger partial charge is 0.274 e. The number of carbonyl (C=O) groups excluding carboxylic acids is 1. The van der Waals surface area contributed by atoms with E-state index in [2.05, 4.69) is 18.1 Å². The number of aromatic nitrogens is 2. The van der Waals surface area contributed by atoms with E-state index in [0.29, 0.717) is 5.69 Å². The van der Waals surface area contributed by atoms with Gasteiger partial charge in [0, 0.05) is 23.5 Å². The number of hydrogen-bond donors (Lipinski definition) is 0. The molecule has 1 amide bonds. The summed E-state index contributed by atoms with van der Waals surface area (Å²) in [5.74, 6) is -0.0471. The highest BCUT2D eigenvalue weighted by atomic mass is 32.1. The molecule has 0 saturated heterocycles. The summed E-state index contributed by atoms with van der Waals surface area (Å²) >= 11 is 1.62. The van der Waals surface area contributed by atoms with Gasteiger partial charge in [-0.15, -0.1) is 0 Å². The van der Waals surface area contributed by atoms with Gasteiger partial charge in [0.15, 0.2) is 5.69 Å². The van der Waals surface area contributed by atoms with Gasteiger partial charge in [-0.3, -0.25) is 4.79 Å². The molecule has 0 aliphatic heterocycles. The molecular formula is C20H31N3OS. The third kappa shape index (κ3) is 4.40. The number of thiophene rings is 1. The monoisotopic (exact) mass is 361 g/mol. The zero-order valence-corrected chi connectivity index (χ0v) is 17.8. The molecule has 5 heteroatoms. The third-order valence-electron chi connectivity index (χ3n) is 4.19. The van der Waals surface area contributed by atoms with Gasteiger partial charge in [0.1, 0.15) is 0 Å². The van der Waals surface area contributed by atoms with Gasteiger partial charge in [0.05, 0.1) is 11.4 Å². The highest BCUT2D eigenvalue weighted by Crippen LogP contribution is 2.27. The van der Waals surface area contributed by atoms with Gasteiger partial charge in [-0.05, 0) is 58.6 Å². The molecule has 0 unspecified atom stereocenters. The van der Waals surface area contributed by atoms with Crippen LogP contribution in [0, 0.1) is 6.92 Å². The minimum atomic E-state index is -0.245. The van der Waals surface area contributed by atoms with Crippen molar-refractivity contribution in [3.05, 3.63) is 39.9 Å². The van der Waals surface area contributed by atoms with Crippen LogP contribution in [0.15, 0.2) is 22.9 Å². The minimum Gasteiger partial charge on any atom is -0.335 e. The van der Waals surface area contributed by atoms with E-state index in [-0.39, 0.29) is 11.4 Å². The standard InChI is InChI=1S/C18H25N3OS.C2H6/c1-8-12(2)16-13(3)15(17(22)20(7)18(4,5)6)19-21(16)14-9-10-23-11-14;1-2/h8-11H,1-7H3;1-2H3/b12-8+;. The van der Waals surface area contributed by atoms with Crippen LogP contribution in [0.1, 0.15) is 70.2 Å². The Morgan fingerprint density at radius 3 is 2.36 bits per heavy atom. The zero-order valence-electron chi connectivity index (χ0n) is 17.0. The van der Waals surface area contributed by atoms with Crippen molar-refractivity contribution in [3.63, 3.8) is 0 Å². The van der Waals surface area contributed by atoms with Crippen LogP contribution in [0.3, 0.4) is 0 Å². The molecule has 0 atom stereocenters. The molecule has 0 aliphatic rings. The maximum Gasteiger partial charge on any atom is 0.274 e. The van der Waals surface area contributed by atoms with Gasteiger partial charge in [-0.2, -0.15) is 16.4 Å². The molecule has 25 heavy (non-hydrogen) atoms. The predicted molar refractivity (Wildman–Crippen MR) is 109 cm³/mol. The topological polar surface area (TPSA) is 38.1 Å². The van der Waals surface area contributed by atoms with E-state index in [1.807, 2.05) is 77.0 Å². The summed E-state index contributed by atoms with van der Waals surface area (Å²) in [6.45, 7) is 16.1. The fraction of sp³-hybridized carbons (Fsp3) is 0.500. The Hall–Kier alpha value is -1.88. The summed E-state index contributed by atoms with van der Waals surface area (Å²) in [7, 11) is 1.83. The van der Waals surface area contributed by atoms with Gasteiger partial charge in [0.2, 0.25) is 0 Å². The van der Waals surface area contributed by atoms with Crippen molar-refractivity contribution in [1.82, 2.24) is 14.7 Å². The van der Waals surface area contributed by atoms with Gasteiger partial charge < -0.3 is 4.90 Å². The van der Waals surface area contributed by atoms with Crippen molar-refractivity contribution in [2.75, 3.05) is 7.05 Å². The summed E-state index contributed by atoms with van der Waals surface area (Å²) in [5.41, 5.74) is 4.30. The molecule has 0 aromatic carbocycles. The molecule has 2 rings (SSSR count). The van der Waals surface area contributed by atoms with Crippen LogP contribution in [0.25, 0.3) is 11.3 Å². The molecule has 0 radical (unpaired) electrons. The lowest BCUT2D eigenvalue weighted by Gasteiger charge is -2.31. The van der Waals surface area contributed by atoms with Crippen LogP contribution < -0.4 is 0 Å². The normalized spacial score (nSPS) is 11.8. The van der Waals surface area contributed by atoms with Gasteiger partial charge in [0.25, 0.3) is 5.91 Å². The van der Waals surface area contributed by atoms with Crippen molar-refractivity contribution < 1.29 is 4.79 Å². The Balaban J connectivity index is 0.00000151. The van der Waals surface area contributed by atoms with Crippen molar-refractivity contribution in [1.29, 1.82) is 0 Å². The van der Waals surface area contributed by atoms with E-state index < -0.39 is 0 Å². The Kier molecular flexibility index (Phi) is 7.17. The van der Waals surface area contributed by atoms with Crippen LogP contribution in [0.5, 0.6) is 0 Å². The number of allylic oxidation sites excluding steroid dienone is 2. The van der Waals surface area contributed by atoms with Gasteiger partial charge in [-0.25, -0.2) is 4.68 Å². The van der Waals surface area contributed by atoms with Crippen molar-refractivity contribution in [3.8, 4) is 5.69 Å². The quantitative estimate of drug-likeness (QED) is 0.717. The first kappa shape index (κ1) is 21.2. The molecule has 0 saturated carbocycles. The lowest BCUT2D eigenvalue weighted by molar-refractivity contribution is 0.0648. The molecule has 138 valence electrons. The number of carbonyl (C=O) groups is 1. The average molecular weight is 362 g/mol. The lowest BCUT2D eigenvalue weighted by atomic mass is 10.0. The average Bonchev–Trinajstić information content (AvgIpc) is 3.21. The van der Waals surface area contributed by atoms with Gasteiger partial charge >= 0.3 is 0 Å². The Morgan fingerprint density at radius 1 is 1.32 bits per heavy atom. The van der Waals surface area contributed by atoms with Crippen LogP contribution in [-0.2, 0) is 0 Å². The first-order valence-electron chi connectivity index (χ1n) is 8.72. The minimum absolute atomic E-state index is 0.0471. The van der Waals surface area contributed by atoms with E-state index in [4.69, 9.17) is 0 Å². The summed E-state index contributed by atoms with van der Waals surface area (Å²) in [4.78, 5) is 14.6. The molecule has 4 nitrogen and oxygen atoms in total. The highest BCUT2D eigenvalue weighted by Gasteiger charge is 2.29. The maximum absolute atomic E-state index is 12.9. The molecular weight excluding hydrogens is 330 g/mol. The van der Waals surface area contributed by atoms with Crippen LogP contribution >= 0.6 is 11.3 Å². The second-order valence-electron chi connectivity index (χ2n) is 6.72. The van der Waals surface area contributed by atoms with Crippen molar-refractivity contribution >= 4 is 22.8 Å². The molecule has 2 aromatic rings. The first-order valence-corrected chi connectivity index (χ1v) is 9.66. The van der Waals surface area contributed by atoms with E-state index in [0.717, 1.165) is 22.5 Å². The fourth-order valence-electron chi connectivity index (χ4n) is 2.33. The zero-order chi connectivity index (χ0) is 19.4. The summed E-state index contributed by atoms with van der Waals surface area (Å²) in [6.07, 6.45) is 2.05. The van der Waals surface area contributed by atoms with Crippen molar-refractivity contribution in [2.24, 2.45) is 0 Å². The Morgan fingerprint density at radius 2 is 1.92 bits per heavy atom. The number of rotatable bonds is 3. The lowest BCUT2D eigenvalue weighted by Crippen LogP contribution is -2.42.